The van der Waals surface area contributed by atoms with Gasteiger partial charge in [-0.2, -0.15) is 0 Å². The summed E-state index contributed by atoms with van der Waals surface area (Å²) in [4.78, 5) is 41.0. The lowest BCUT2D eigenvalue weighted by Crippen LogP contribution is -2.29. The Hall–Kier alpha value is -0.950. The van der Waals surface area contributed by atoms with Crippen LogP contribution < -0.4 is 0 Å². The standard InChI is InChI=1S/C17H33O8P/c1-3-5-7-8-10-11-16(18)23-13-15(14-24-26(20,21)22)25-17(19)12-9-6-4-2/h15H,3-14H2,1-2H3,(H2,20,21,22)/t15-/m1/s1. The van der Waals surface area contributed by atoms with Crippen LogP contribution in [-0.2, 0) is 28.2 Å². The average Bonchev–Trinajstić information content (AvgIpc) is 2.56. The van der Waals surface area contributed by atoms with E-state index in [1.54, 1.807) is 0 Å². The van der Waals surface area contributed by atoms with Crippen molar-refractivity contribution in [3.05, 3.63) is 0 Å². The van der Waals surface area contributed by atoms with Crippen molar-refractivity contribution in [2.45, 2.75) is 84.2 Å². The van der Waals surface area contributed by atoms with E-state index in [0.29, 0.717) is 6.42 Å². The largest absolute Gasteiger partial charge is 0.469 e. The molecule has 0 bridgehead atoms. The van der Waals surface area contributed by atoms with E-state index >= 15 is 0 Å². The molecule has 8 nitrogen and oxygen atoms in total. The summed E-state index contributed by atoms with van der Waals surface area (Å²) in [5.74, 6) is -0.932. The maximum absolute atomic E-state index is 11.8. The average molecular weight is 396 g/mol. The predicted molar refractivity (Wildman–Crippen MR) is 96.4 cm³/mol. The van der Waals surface area contributed by atoms with Crippen LogP contribution in [0.2, 0.25) is 0 Å². The molecule has 0 spiro atoms. The second kappa shape index (κ2) is 15.1. The van der Waals surface area contributed by atoms with Crippen molar-refractivity contribution in [2.75, 3.05) is 13.2 Å². The number of carbonyl (C=O) groups excluding carboxylic acids is 2. The minimum Gasteiger partial charge on any atom is -0.462 e. The van der Waals surface area contributed by atoms with Crippen LogP contribution in [-0.4, -0.2) is 41.0 Å². The van der Waals surface area contributed by atoms with E-state index in [4.69, 9.17) is 19.3 Å². The van der Waals surface area contributed by atoms with Crippen molar-refractivity contribution in [1.82, 2.24) is 0 Å². The first-order valence-electron chi connectivity index (χ1n) is 9.33. The predicted octanol–water partition coefficient (Wildman–Crippen LogP) is 3.49. The van der Waals surface area contributed by atoms with Gasteiger partial charge in [-0.3, -0.25) is 14.1 Å². The quantitative estimate of drug-likeness (QED) is 0.231. The summed E-state index contributed by atoms with van der Waals surface area (Å²) in [5.41, 5.74) is 0. The Bertz CT molecular complexity index is 434. The van der Waals surface area contributed by atoms with E-state index in [1.807, 2.05) is 6.92 Å². The van der Waals surface area contributed by atoms with Crippen molar-refractivity contribution in [1.29, 1.82) is 0 Å². The zero-order valence-electron chi connectivity index (χ0n) is 15.9. The van der Waals surface area contributed by atoms with Crippen LogP contribution in [0.5, 0.6) is 0 Å². The number of hydrogen-bond acceptors (Lipinski definition) is 6. The van der Waals surface area contributed by atoms with Gasteiger partial charge >= 0.3 is 19.8 Å². The number of phosphoric ester groups is 1. The molecule has 0 aromatic rings. The molecule has 26 heavy (non-hydrogen) atoms. The molecule has 154 valence electrons. The SMILES string of the molecule is CCCCCCCC(=O)OC[C@H](COP(=O)(O)O)OC(=O)CCCCC. The van der Waals surface area contributed by atoms with Gasteiger partial charge in [-0.15, -0.1) is 0 Å². The van der Waals surface area contributed by atoms with Gasteiger partial charge in [0.15, 0.2) is 6.10 Å². The van der Waals surface area contributed by atoms with Crippen molar-refractivity contribution in [3.63, 3.8) is 0 Å². The third kappa shape index (κ3) is 16.5. The van der Waals surface area contributed by atoms with Gasteiger partial charge in [-0.1, -0.05) is 52.4 Å². The Morgan fingerprint density at radius 2 is 1.38 bits per heavy atom. The van der Waals surface area contributed by atoms with E-state index in [2.05, 4.69) is 11.4 Å². The first-order valence-corrected chi connectivity index (χ1v) is 10.9. The topological polar surface area (TPSA) is 119 Å². The fourth-order valence-corrected chi connectivity index (χ4v) is 2.55. The minimum absolute atomic E-state index is 0.200. The van der Waals surface area contributed by atoms with Gasteiger partial charge in [0, 0.05) is 12.8 Å². The summed E-state index contributed by atoms with van der Waals surface area (Å²) in [6.45, 7) is 3.29. The highest BCUT2D eigenvalue weighted by Gasteiger charge is 2.22. The number of carbonyl (C=O) groups is 2. The number of unbranched alkanes of at least 4 members (excludes halogenated alkanes) is 6. The molecule has 0 radical (unpaired) electrons. The fourth-order valence-electron chi connectivity index (χ4n) is 2.19. The summed E-state index contributed by atoms with van der Waals surface area (Å²) in [6.07, 6.45) is 6.91. The summed E-state index contributed by atoms with van der Waals surface area (Å²) in [6, 6.07) is 0. The van der Waals surface area contributed by atoms with E-state index in [9.17, 15) is 14.2 Å². The second-order valence-electron chi connectivity index (χ2n) is 6.20. The van der Waals surface area contributed by atoms with E-state index in [-0.39, 0.29) is 19.4 Å². The van der Waals surface area contributed by atoms with Crippen LogP contribution >= 0.6 is 7.82 Å². The molecule has 0 heterocycles. The number of hydrogen-bond donors (Lipinski definition) is 2. The molecule has 0 amide bonds. The van der Waals surface area contributed by atoms with Gasteiger partial charge in [0.25, 0.3) is 0 Å². The Balaban J connectivity index is 4.26. The summed E-state index contributed by atoms with van der Waals surface area (Å²) >= 11 is 0. The van der Waals surface area contributed by atoms with E-state index < -0.39 is 32.5 Å². The molecule has 9 heteroatoms. The lowest BCUT2D eigenvalue weighted by atomic mass is 10.1. The molecule has 0 saturated carbocycles. The van der Waals surface area contributed by atoms with Crippen LogP contribution in [0, 0.1) is 0 Å². The van der Waals surface area contributed by atoms with E-state index in [0.717, 1.165) is 44.9 Å². The molecule has 0 aliphatic heterocycles. The maximum Gasteiger partial charge on any atom is 0.469 e. The summed E-state index contributed by atoms with van der Waals surface area (Å²) < 4.78 is 25.4. The molecule has 0 aromatic carbocycles. The van der Waals surface area contributed by atoms with Gasteiger partial charge in [-0.05, 0) is 12.8 Å². The highest BCUT2D eigenvalue weighted by Crippen LogP contribution is 2.35. The van der Waals surface area contributed by atoms with E-state index in [1.165, 1.54) is 0 Å². The first-order chi connectivity index (χ1) is 12.3. The molecular formula is C17H33O8P. The lowest BCUT2D eigenvalue weighted by Gasteiger charge is -2.18. The Labute approximate surface area is 155 Å². The number of ether oxygens (including phenoxy) is 2. The number of phosphoric acid groups is 1. The molecule has 0 aliphatic rings. The Morgan fingerprint density at radius 3 is 2.00 bits per heavy atom. The molecule has 1 atom stereocenters. The highest BCUT2D eigenvalue weighted by atomic mass is 31.2. The zero-order chi connectivity index (χ0) is 19.8. The van der Waals surface area contributed by atoms with Crippen LogP contribution in [0.1, 0.15) is 78.1 Å². The molecule has 0 aromatic heterocycles. The minimum atomic E-state index is -4.70. The smallest absolute Gasteiger partial charge is 0.462 e. The monoisotopic (exact) mass is 396 g/mol. The molecular weight excluding hydrogens is 363 g/mol. The fraction of sp³-hybridized carbons (Fsp3) is 0.882. The highest BCUT2D eigenvalue weighted by molar-refractivity contribution is 7.46. The number of rotatable bonds is 16. The van der Waals surface area contributed by atoms with Gasteiger partial charge in [0.05, 0.1) is 6.61 Å². The molecule has 0 fully saturated rings. The molecule has 2 N–H and O–H groups in total. The van der Waals surface area contributed by atoms with Crippen molar-refractivity contribution in [2.24, 2.45) is 0 Å². The van der Waals surface area contributed by atoms with Crippen molar-refractivity contribution < 1.29 is 37.9 Å². The van der Waals surface area contributed by atoms with Gasteiger partial charge < -0.3 is 19.3 Å². The lowest BCUT2D eigenvalue weighted by molar-refractivity contribution is -0.161. The van der Waals surface area contributed by atoms with Gasteiger partial charge in [0.2, 0.25) is 0 Å². The zero-order valence-corrected chi connectivity index (χ0v) is 16.7. The molecule has 0 rings (SSSR count). The van der Waals surface area contributed by atoms with Crippen LogP contribution in [0.4, 0.5) is 0 Å². The Kier molecular flexibility index (Phi) is 14.6. The van der Waals surface area contributed by atoms with Gasteiger partial charge in [-0.25, -0.2) is 4.57 Å². The third-order valence-electron chi connectivity index (χ3n) is 3.63. The van der Waals surface area contributed by atoms with Crippen LogP contribution in [0.15, 0.2) is 0 Å². The normalized spacial score (nSPS) is 12.6. The summed E-state index contributed by atoms with van der Waals surface area (Å²) in [5, 5.41) is 0. The van der Waals surface area contributed by atoms with Crippen molar-refractivity contribution >= 4 is 19.8 Å². The summed E-state index contributed by atoms with van der Waals surface area (Å²) in [7, 11) is -4.70. The van der Waals surface area contributed by atoms with Gasteiger partial charge in [0.1, 0.15) is 6.61 Å². The molecule has 0 unspecified atom stereocenters. The molecule has 0 aliphatic carbocycles. The Morgan fingerprint density at radius 1 is 0.846 bits per heavy atom. The first kappa shape index (κ1) is 25.1. The third-order valence-corrected chi connectivity index (χ3v) is 4.11. The van der Waals surface area contributed by atoms with Crippen molar-refractivity contribution in [3.8, 4) is 0 Å². The maximum atomic E-state index is 11.8. The van der Waals surface area contributed by atoms with Crippen LogP contribution in [0.25, 0.3) is 0 Å². The molecule has 0 saturated heterocycles. The number of esters is 2. The second-order valence-corrected chi connectivity index (χ2v) is 7.44. The van der Waals surface area contributed by atoms with Crippen LogP contribution in [0.3, 0.4) is 0 Å².